The number of rotatable bonds is 4. The molecule has 0 spiro atoms. The number of benzene rings is 2. The van der Waals surface area contributed by atoms with E-state index in [0.717, 1.165) is 5.69 Å². The van der Waals surface area contributed by atoms with Crippen LogP contribution in [0, 0.1) is 0 Å². The molecule has 140 valence electrons. The van der Waals surface area contributed by atoms with Crippen LogP contribution in [0.3, 0.4) is 0 Å². The Labute approximate surface area is 159 Å². The van der Waals surface area contributed by atoms with Gasteiger partial charge in [0, 0.05) is 25.7 Å². The third-order valence-corrected chi connectivity index (χ3v) is 4.85. The zero-order valence-corrected chi connectivity index (χ0v) is 16.2. The number of fused-ring (bicyclic) bond motifs is 1. The van der Waals surface area contributed by atoms with Gasteiger partial charge in [-0.05, 0) is 35.2 Å². The molecule has 0 bridgehead atoms. The van der Waals surface area contributed by atoms with Gasteiger partial charge in [0.05, 0.1) is 11.1 Å². The van der Waals surface area contributed by atoms with Crippen molar-refractivity contribution in [3.05, 3.63) is 65.2 Å². The molecule has 5 nitrogen and oxygen atoms in total. The predicted octanol–water partition coefficient (Wildman–Crippen LogP) is 3.63. The topological polar surface area (TPSA) is 57.7 Å². The lowest BCUT2D eigenvalue weighted by molar-refractivity contribution is -0.116. The number of hydrogen-bond donors (Lipinski definition) is 0. The van der Waals surface area contributed by atoms with Crippen LogP contribution in [0.15, 0.2) is 48.5 Å². The molecule has 1 aliphatic heterocycles. The first kappa shape index (κ1) is 18.8. The summed E-state index contributed by atoms with van der Waals surface area (Å²) in [6, 6.07) is 14.6. The fourth-order valence-corrected chi connectivity index (χ4v) is 3.25. The van der Waals surface area contributed by atoms with Gasteiger partial charge < -0.3 is 4.90 Å². The maximum absolute atomic E-state index is 12.5. The third kappa shape index (κ3) is 3.63. The highest BCUT2D eigenvalue weighted by Gasteiger charge is 2.35. The number of imide groups is 1. The molecule has 0 fully saturated rings. The maximum atomic E-state index is 12.5. The summed E-state index contributed by atoms with van der Waals surface area (Å²) in [5.41, 5.74) is 2.81. The van der Waals surface area contributed by atoms with E-state index in [-0.39, 0.29) is 36.2 Å². The van der Waals surface area contributed by atoms with Crippen molar-refractivity contribution in [1.82, 2.24) is 4.90 Å². The van der Waals surface area contributed by atoms with Crippen LogP contribution in [-0.2, 0) is 10.2 Å². The second-order valence-electron chi connectivity index (χ2n) is 7.78. The summed E-state index contributed by atoms with van der Waals surface area (Å²) >= 11 is 0. The van der Waals surface area contributed by atoms with Crippen molar-refractivity contribution in [2.75, 3.05) is 18.0 Å². The van der Waals surface area contributed by atoms with Crippen LogP contribution >= 0.6 is 0 Å². The van der Waals surface area contributed by atoms with E-state index in [4.69, 9.17) is 0 Å². The van der Waals surface area contributed by atoms with E-state index in [1.807, 2.05) is 24.3 Å². The fourth-order valence-electron chi connectivity index (χ4n) is 3.25. The normalized spacial score (nSPS) is 13.7. The molecule has 0 unspecified atom stereocenters. The quantitative estimate of drug-likeness (QED) is 0.779. The summed E-state index contributed by atoms with van der Waals surface area (Å²) in [5, 5.41) is 0. The van der Waals surface area contributed by atoms with E-state index >= 15 is 0 Å². The molecule has 3 amide bonds. The Kier molecular flexibility index (Phi) is 4.87. The summed E-state index contributed by atoms with van der Waals surface area (Å²) in [6.07, 6.45) is 0. The van der Waals surface area contributed by atoms with Crippen LogP contribution in [0.25, 0.3) is 0 Å². The SMILES string of the molecule is CC(=O)N(CCN1C(=O)c2ccccc2C1=O)c1ccc(C(C)(C)C)cc1. The van der Waals surface area contributed by atoms with E-state index in [9.17, 15) is 14.4 Å². The van der Waals surface area contributed by atoms with Gasteiger partial charge in [0.15, 0.2) is 0 Å². The van der Waals surface area contributed by atoms with Gasteiger partial charge >= 0.3 is 0 Å². The Morgan fingerprint density at radius 3 is 1.89 bits per heavy atom. The van der Waals surface area contributed by atoms with Gasteiger partial charge in [0.1, 0.15) is 0 Å². The Bertz CT molecular complexity index is 860. The van der Waals surface area contributed by atoms with Gasteiger partial charge in [-0.25, -0.2) is 0 Å². The lowest BCUT2D eigenvalue weighted by Crippen LogP contribution is -2.40. The summed E-state index contributed by atoms with van der Waals surface area (Å²) in [4.78, 5) is 39.9. The Morgan fingerprint density at radius 2 is 1.44 bits per heavy atom. The van der Waals surface area contributed by atoms with E-state index < -0.39 is 0 Å². The lowest BCUT2D eigenvalue weighted by Gasteiger charge is -2.25. The zero-order chi connectivity index (χ0) is 19.8. The first-order valence-electron chi connectivity index (χ1n) is 9.04. The number of carbonyl (C=O) groups is 3. The molecule has 0 N–H and O–H groups in total. The molecule has 0 radical (unpaired) electrons. The number of nitrogens with zero attached hydrogens (tertiary/aromatic N) is 2. The molecule has 0 aromatic heterocycles. The summed E-state index contributed by atoms with van der Waals surface area (Å²) in [5.74, 6) is -0.737. The molecule has 0 saturated carbocycles. The smallest absolute Gasteiger partial charge is 0.261 e. The van der Waals surface area contributed by atoms with Crippen LogP contribution in [0.5, 0.6) is 0 Å². The Morgan fingerprint density at radius 1 is 0.926 bits per heavy atom. The molecule has 2 aromatic rings. The minimum atomic E-state index is -0.304. The Hall–Kier alpha value is -2.95. The molecule has 5 heteroatoms. The van der Waals surface area contributed by atoms with Crippen molar-refractivity contribution in [1.29, 1.82) is 0 Å². The fraction of sp³-hybridized carbons (Fsp3) is 0.318. The van der Waals surface area contributed by atoms with Crippen molar-refractivity contribution in [3.63, 3.8) is 0 Å². The van der Waals surface area contributed by atoms with E-state index in [0.29, 0.717) is 11.1 Å². The van der Waals surface area contributed by atoms with Gasteiger partial charge in [-0.2, -0.15) is 0 Å². The van der Waals surface area contributed by atoms with Gasteiger partial charge in [-0.1, -0.05) is 45.0 Å². The Balaban J connectivity index is 1.76. The van der Waals surface area contributed by atoms with Crippen LogP contribution in [0.1, 0.15) is 54.0 Å². The number of amides is 3. The van der Waals surface area contributed by atoms with Crippen molar-refractivity contribution in [2.45, 2.75) is 33.1 Å². The molecular weight excluding hydrogens is 340 g/mol. The van der Waals surface area contributed by atoms with E-state index in [2.05, 4.69) is 20.8 Å². The molecule has 0 saturated heterocycles. The largest absolute Gasteiger partial charge is 0.311 e. The highest BCUT2D eigenvalue weighted by molar-refractivity contribution is 6.21. The average molecular weight is 364 g/mol. The lowest BCUT2D eigenvalue weighted by atomic mass is 9.87. The van der Waals surface area contributed by atoms with Gasteiger partial charge in [0.2, 0.25) is 5.91 Å². The molecule has 0 atom stereocenters. The van der Waals surface area contributed by atoms with Gasteiger partial charge in [-0.15, -0.1) is 0 Å². The second kappa shape index (κ2) is 6.99. The highest BCUT2D eigenvalue weighted by Crippen LogP contribution is 2.26. The minimum Gasteiger partial charge on any atom is -0.311 e. The van der Waals surface area contributed by atoms with Crippen molar-refractivity contribution < 1.29 is 14.4 Å². The predicted molar refractivity (Wildman–Crippen MR) is 105 cm³/mol. The number of hydrogen-bond acceptors (Lipinski definition) is 3. The maximum Gasteiger partial charge on any atom is 0.261 e. The first-order chi connectivity index (χ1) is 12.7. The van der Waals surface area contributed by atoms with Crippen molar-refractivity contribution in [3.8, 4) is 0 Å². The third-order valence-electron chi connectivity index (χ3n) is 4.85. The molecule has 3 rings (SSSR count). The van der Waals surface area contributed by atoms with Crippen LogP contribution < -0.4 is 4.90 Å². The monoisotopic (exact) mass is 364 g/mol. The molecule has 2 aromatic carbocycles. The van der Waals surface area contributed by atoms with Crippen molar-refractivity contribution >= 4 is 23.4 Å². The number of carbonyl (C=O) groups excluding carboxylic acids is 3. The van der Waals surface area contributed by atoms with Crippen LogP contribution in [-0.4, -0.2) is 35.7 Å². The standard InChI is InChI=1S/C22H24N2O3/c1-15(25)23(17-11-9-16(10-12-17)22(2,3)4)13-14-24-20(26)18-7-5-6-8-19(18)21(24)27/h5-12H,13-14H2,1-4H3. The summed E-state index contributed by atoms with van der Waals surface area (Å²) in [6.45, 7) is 8.30. The molecule has 1 heterocycles. The molecular formula is C22H24N2O3. The van der Waals surface area contributed by atoms with E-state index in [1.165, 1.54) is 17.4 Å². The molecule has 0 aliphatic carbocycles. The summed E-state index contributed by atoms with van der Waals surface area (Å²) in [7, 11) is 0. The minimum absolute atomic E-state index is 0.0275. The van der Waals surface area contributed by atoms with Gasteiger partial charge in [-0.3, -0.25) is 19.3 Å². The van der Waals surface area contributed by atoms with E-state index in [1.54, 1.807) is 29.2 Å². The highest BCUT2D eigenvalue weighted by atomic mass is 16.2. The first-order valence-corrected chi connectivity index (χ1v) is 9.04. The van der Waals surface area contributed by atoms with Crippen LogP contribution in [0.2, 0.25) is 0 Å². The summed E-state index contributed by atoms with van der Waals surface area (Å²) < 4.78 is 0. The second-order valence-corrected chi connectivity index (χ2v) is 7.78. The molecule has 1 aliphatic rings. The van der Waals surface area contributed by atoms with Crippen LogP contribution in [0.4, 0.5) is 5.69 Å². The average Bonchev–Trinajstić information content (AvgIpc) is 2.86. The van der Waals surface area contributed by atoms with Gasteiger partial charge in [0.25, 0.3) is 11.8 Å². The zero-order valence-electron chi connectivity index (χ0n) is 16.2. The molecule has 27 heavy (non-hydrogen) atoms. The van der Waals surface area contributed by atoms with Crippen molar-refractivity contribution in [2.24, 2.45) is 0 Å². The number of anilines is 1.